The van der Waals surface area contributed by atoms with E-state index in [1.165, 1.54) is 0 Å². The summed E-state index contributed by atoms with van der Waals surface area (Å²) in [6, 6.07) is 6.05. The molecule has 180 valence electrons. The highest BCUT2D eigenvalue weighted by Gasteiger charge is 2.46. The number of ether oxygens (including phenoxy) is 2. The molecule has 2 fully saturated rings. The van der Waals surface area contributed by atoms with Gasteiger partial charge in [0.2, 0.25) is 5.91 Å². The van der Waals surface area contributed by atoms with Crippen molar-refractivity contribution < 1.29 is 37.3 Å². The fourth-order valence-electron chi connectivity index (χ4n) is 3.92. The molecule has 0 saturated carbocycles. The van der Waals surface area contributed by atoms with E-state index < -0.39 is 12.1 Å². The standard InChI is InChI=1S/C19H29N3O3.C2HF3O2/c1-21(2)18(23)13-24-15-19-8-5-11-25-17(19)7-10-22(14-19)12-16-6-3-4-9-20-16;3-2(4,5)1(6)7/h3-4,6,9,17H,5,7-8,10-15H2,1-2H3;(H,6,7). The van der Waals surface area contributed by atoms with Crippen LogP contribution in [0.1, 0.15) is 25.0 Å². The minimum atomic E-state index is -5.08. The third-order valence-corrected chi connectivity index (χ3v) is 5.54. The number of likely N-dealkylation sites (N-methyl/N-ethyl adjacent to an activating group) is 1. The minimum absolute atomic E-state index is 0.00540. The molecule has 1 N–H and O–H groups in total. The second-order valence-electron chi connectivity index (χ2n) is 8.23. The maximum Gasteiger partial charge on any atom is 0.490 e. The molecular formula is C21H30F3N3O5. The summed E-state index contributed by atoms with van der Waals surface area (Å²) in [7, 11) is 3.51. The Morgan fingerprint density at radius 3 is 2.69 bits per heavy atom. The Hall–Kier alpha value is -2.24. The summed E-state index contributed by atoms with van der Waals surface area (Å²) in [5.41, 5.74) is 1.08. The predicted molar refractivity (Wildman–Crippen MR) is 109 cm³/mol. The Bertz CT molecular complexity index is 748. The van der Waals surface area contributed by atoms with Crippen molar-refractivity contribution in [1.29, 1.82) is 0 Å². The van der Waals surface area contributed by atoms with Crippen LogP contribution in [0, 0.1) is 5.41 Å². The zero-order valence-electron chi connectivity index (χ0n) is 18.3. The van der Waals surface area contributed by atoms with Gasteiger partial charge in [-0.3, -0.25) is 14.7 Å². The third-order valence-electron chi connectivity index (χ3n) is 5.54. The van der Waals surface area contributed by atoms with Gasteiger partial charge in [0.05, 0.1) is 18.4 Å². The van der Waals surface area contributed by atoms with Crippen molar-refractivity contribution in [2.75, 3.05) is 47.0 Å². The number of rotatable bonds is 6. The molecule has 11 heteroatoms. The number of carbonyl (C=O) groups is 2. The second kappa shape index (κ2) is 11.6. The van der Waals surface area contributed by atoms with E-state index in [1.807, 2.05) is 18.3 Å². The molecule has 2 atom stereocenters. The predicted octanol–water partition coefficient (Wildman–Crippen LogP) is 2.19. The summed E-state index contributed by atoms with van der Waals surface area (Å²) in [4.78, 5) is 29.2. The number of halogens is 3. The molecule has 2 aliphatic rings. The van der Waals surface area contributed by atoms with Gasteiger partial charge < -0.3 is 19.5 Å². The van der Waals surface area contributed by atoms with Crippen LogP contribution in [0.15, 0.2) is 24.4 Å². The molecule has 2 unspecified atom stereocenters. The van der Waals surface area contributed by atoms with Gasteiger partial charge in [-0.1, -0.05) is 6.07 Å². The number of fused-ring (bicyclic) bond motifs is 1. The van der Waals surface area contributed by atoms with Crippen LogP contribution in [0.25, 0.3) is 0 Å². The van der Waals surface area contributed by atoms with E-state index >= 15 is 0 Å². The number of amides is 1. The van der Waals surface area contributed by atoms with Crippen molar-refractivity contribution in [3.05, 3.63) is 30.1 Å². The highest BCUT2D eigenvalue weighted by molar-refractivity contribution is 5.76. The van der Waals surface area contributed by atoms with Gasteiger partial charge in [-0.15, -0.1) is 0 Å². The average Bonchev–Trinajstić information content (AvgIpc) is 2.74. The maximum absolute atomic E-state index is 11.8. The molecule has 0 bridgehead atoms. The number of carboxylic acid groups (broad SMARTS) is 1. The lowest BCUT2D eigenvalue weighted by Crippen LogP contribution is -2.56. The quantitative estimate of drug-likeness (QED) is 0.694. The summed E-state index contributed by atoms with van der Waals surface area (Å²) in [5.74, 6) is -2.75. The molecular weight excluding hydrogens is 431 g/mol. The van der Waals surface area contributed by atoms with E-state index in [0.717, 1.165) is 51.2 Å². The summed E-state index contributed by atoms with van der Waals surface area (Å²) < 4.78 is 43.6. The van der Waals surface area contributed by atoms with Crippen molar-refractivity contribution in [3.8, 4) is 0 Å². The van der Waals surface area contributed by atoms with E-state index in [0.29, 0.717) is 6.61 Å². The summed E-state index contributed by atoms with van der Waals surface area (Å²) in [6.07, 6.45) is 0.150. The van der Waals surface area contributed by atoms with Crippen LogP contribution in [-0.4, -0.2) is 91.1 Å². The molecule has 0 aliphatic carbocycles. The van der Waals surface area contributed by atoms with Gasteiger partial charge in [0.1, 0.15) is 6.61 Å². The Labute approximate surface area is 185 Å². The number of hydrogen-bond donors (Lipinski definition) is 1. The van der Waals surface area contributed by atoms with Gasteiger partial charge in [0.15, 0.2) is 0 Å². The molecule has 3 heterocycles. The lowest BCUT2D eigenvalue weighted by Gasteiger charge is -2.50. The van der Waals surface area contributed by atoms with E-state index in [-0.39, 0.29) is 24.0 Å². The van der Waals surface area contributed by atoms with E-state index in [4.69, 9.17) is 19.4 Å². The molecule has 1 aromatic rings. The number of alkyl halides is 3. The second-order valence-corrected chi connectivity index (χ2v) is 8.23. The molecule has 2 saturated heterocycles. The number of piperidine rings is 1. The number of pyridine rings is 1. The van der Waals surface area contributed by atoms with Gasteiger partial charge in [0.25, 0.3) is 0 Å². The monoisotopic (exact) mass is 461 g/mol. The minimum Gasteiger partial charge on any atom is -0.475 e. The van der Waals surface area contributed by atoms with Gasteiger partial charge in [-0.25, -0.2) is 4.79 Å². The molecule has 1 amide bonds. The van der Waals surface area contributed by atoms with Crippen molar-refractivity contribution in [2.24, 2.45) is 5.41 Å². The smallest absolute Gasteiger partial charge is 0.475 e. The maximum atomic E-state index is 11.8. The van der Waals surface area contributed by atoms with Crippen molar-refractivity contribution >= 4 is 11.9 Å². The molecule has 32 heavy (non-hydrogen) atoms. The zero-order valence-corrected chi connectivity index (χ0v) is 18.3. The first kappa shape index (κ1) is 26.0. The molecule has 0 aromatic carbocycles. The van der Waals surface area contributed by atoms with Crippen LogP contribution < -0.4 is 0 Å². The Morgan fingerprint density at radius 1 is 1.38 bits per heavy atom. The van der Waals surface area contributed by atoms with Gasteiger partial charge in [-0.05, 0) is 31.4 Å². The first-order valence-corrected chi connectivity index (χ1v) is 10.4. The fraction of sp³-hybridized carbons (Fsp3) is 0.667. The lowest BCUT2D eigenvalue weighted by molar-refractivity contribution is -0.192. The summed E-state index contributed by atoms with van der Waals surface area (Å²) >= 11 is 0. The molecule has 1 aromatic heterocycles. The molecule has 0 radical (unpaired) electrons. The van der Waals surface area contributed by atoms with Crippen LogP contribution in [0.4, 0.5) is 13.2 Å². The third kappa shape index (κ3) is 7.72. The summed E-state index contributed by atoms with van der Waals surface area (Å²) in [6.45, 7) is 4.36. The first-order valence-electron chi connectivity index (χ1n) is 10.4. The number of carbonyl (C=O) groups excluding carboxylic acids is 1. The van der Waals surface area contributed by atoms with Crippen molar-refractivity contribution in [3.63, 3.8) is 0 Å². The number of likely N-dealkylation sites (tertiary alicyclic amines) is 1. The average molecular weight is 461 g/mol. The Kier molecular flexibility index (Phi) is 9.41. The fourth-order valence-corrected chi connectivity index (χ4v) is 3.92. The largest absolute Gasteiger partial charge is 0.490 e. The highest BCUT2D eigenvalue weighted by atomic mass is 19.4. The molecule has 8 nitrogen and oxygen atoms in total. The van der Waals surface area contributed by atoms with E-state index in [2.05, 4.69) is 16.0 Å². The zero-order chi connectivity index (χ0) is 23.8. The van der Waals surface area contributed by atoms with Gasteiger partial charge in [0, 0.05) is 51.9 Å². The molecule has 0 spiro atoms. The lowest BCUT2D eigenvalue weighted by atomic mass is 9.73. The topological polar surface area (TPSA) is 92.2 Å². The Balaban J connectivity index is 0.000000451. The van der Waals surface area contributed by atoms with Crippen molar-refractivity contribution in [2.45, 2.75) is 38.1 Å². The number of aliphatic carboxylic acids is 1. The summed E-state index contributed by atoms with van der Waals surface area (Å²) in [5, 5.41) is 7.12. The molecule has 3 rings (SSSR count). The number of carboxylic acids is 1. The number of hydrogen-bond acceptors (Lipinski definition) is 6. The highest BCUT2D eigenvalue weighted by Crippen LogP contribution is 2.40. The van der Waals surface area contributed by atoms with Crippen molar-refractivity contribution in [1.82, 2.24) is 14.8 Å². The number of nitrogens with zero attached hydrogens (tertiary/aromatic N) is 3. The van der Waals surface area contributed by atoms with Crippen LogP contribution in [0.2, 0.25) is 0 Å². The van der Waals surface area contributed by atoms with Crippen LogP contribution >= 0.6 is 0 Å². The van der Waals surface area contributed by atoms with Crippen LogP contribution in [-0.2, 0) is 25.6 Å². The van der Waals surface area contributed by atoms with Gasteiger partial charge >= 0.3 is 12.1 Å². The normalized spacial score (nSPS) is 23.5. The van der Waals surface area contributed by atoms with Crippen LogP contribution in [0.5, 0.6) is 0 Å². The van der Waals surface area contributed by atoms with Crippen LogP contribution in [0.3, 0.4) is 0 Å². The molecule has 2 aliphatic heterocycles. The van der Waals surface area contributed by atoms with E-state index in [9.17, 15) is 18.0 Å². The Morgan fingerprint density at radius 2 is 2.09 bits per heavy atom. The van der Waals surface area contributed by atoms with E-state index in [1.54, 1.807) is 19.0 Å². The first-order chi connectivity index (χ1) is 15.0. The SMILES string of the molecule is CN(C)C(=O)COCC12CCCOC1CCN(Cc1ccccn1)C2.O=C(O)C(F)(F)F. The number of aromatic nitrogens is 1. The van der Waals surface area contributed by atoms with Gasteiger partial charge in [-0.2, -0.15) is 13.2 Å².